The second kappa shape index (κ2) is 4.37. The van der Waals surface area contributed by atoms with Crippen molar-refractivity contribution in [2.75, 3.05) is 6.54 Å². The van der Waals surface area contributed by atoms with Crippen LogP contribution in [0.5, 0.6) is 0 Å². The Labute approximate surface area is 106 Å². The first-order chi connectivity index (χ1) is 8.66. The summed E-state index contributed by atoms with van der Waals surface area (Å²) in [6.45, 7) is 0.487. The summed E-state index contributed by atoms with van der Waals surface area (Å²) in [6, 6.07) is -0.522. The van der Waals surface area contributed by atoms with E-state index in [0.717, 1.165) is 38.5 Å². The summed E-state index contributed by atoms with van der Waals surface area (Å²) in [6.07, 6.45) is 6.18. The van der Waals surface area contributed by atoms with Gasteiger partial charge in [-0.2, -0.15) is 0 Å². The number of urea groups is 1. The lowest BCUT2D eigenvalue weighted by molar-refractivity contribution is -0.145. The van der Waals surface area contributed by atoms with Gasteiger partial charge in [0.15, 0.2) is 0 Å². The van der Waals surface area contributed by atoms with Crippen LogP contribution in [-0.2, 0) is 9.59 Å². The van der Waals surface area contributed by atoms with E-state index >= 15 is 0 Å². The van der Waals surface area contributed by atoms with Gasteiger partial charge in [-0.1, -0.05) is 12.8 Å². The summed E-state index contributed by atoms with van der Waals surface area (Å²) in [5, 5.41) is 2.35. The normalized spacial score (nSPS) is 29.9. The second-order valence-electron chi connectivity index (χ2n) is 5.71. The first-order valence-corrected chi connectivity index (χ1v) is 6.83. The van der Waals surface area contributed by atoms with Crippen molar-refractivity contribution >= 4 is 17.8 Å². The molecule has 98 valence electrons. The third-order valence-corrected chi connectivity index (χ3v) is 4.30. The fourth-order valence-corrected chi connectivity index (χ4v) is 3.07. The van der Waals surface area contributed by atoms with Crippen LogP contribution in [0.4, 0.5) is 4.79 Å². The van der Waals surface area contributed by atoms with Crippen molar-refractivity contribution < 1.29 is 14.4 Å². The van der Waals surface area contributed by atoms with Crippen LogP contribution in [0, 0.1) is 17.8 Å². The molecule has 1 heterocycles. The number of rotatable bonds is 3. The van der Waals surface area contributed by atoms with E-state index in [4.69, 9.17) is 0 Å². The van der Waals surface area contributed by atoms with Crippen molar-refractivity contribution in [1.82, 2.24) is 10.2 Å². The Morgan fingerprint density at radius 3 is 2.33 bits per heavy atom. The van der Waals surface area contributed by atoms with Crippen LogP contribution in [0.3, 0.4) is 0 Å². The van der Waals surface area contributed by atoms with E-state index in [1.807, 2.05) is 0 Å². The molecule has 0 bridgehead atoms. The van der Waals surface area contributed by atoms with Crippen LogP contribution in [-0.4, -0.2) is 29.3 Å². The monoisotopic (exact) mass is 250 g/mol. The van der Waals surface area contributed by atoms with Crippen molar-refractivity contribution in [1.29, 1.82) is 0 Å². The molecule has 3 fully saturated rings. The fraction of sp³-hybridized carbons (Fsp3) is 0.769. The van der Waals surface area contributed by atoms with E-state index in [1.165, 1.54) is 4.90 Å². The number of nitrogens with zero attached hydrogens (tertiary/aromatic N) is 1. The number of amides is 4. The van der Waals surface area contributed by atoms with Gasteiger partial charge in [-0.3, -0.25) is 19.8 Å². The average molecular weight is 250 g/mol. The smallest absolute Gasteiger partial charge is 0.277 e. The Morgan fingerprint density at radius 2 is 1.72 bits per heavy atom. The minimum Gasteiger partial charge on any atom is -0.277 e. The lowest BCUT2D eigenvalue weighted by Crippen LogP contribution is -2.59. The minimum atomic E-state index is -0.621. The molecule has 0 radical (unpaired) electrons. The molecule has 1 saturated heterocycles. The molecule has 1 N–H and O–H groups in total. The van der Waals surface area contributed by atoms with E-state index in [0.29, 0.717) is 12.5 Å². The predicted octanol–water partition coefficient (Wildman–Crippen LogP) is 1.28. The molecule has 0 aromatic heterocycles. The SMILES string of the molecule is O=C1NC(=O)N(CC2CC2)C(=O)C1C1CCCC1. The van der Waals surface area contributed by atoms with Crippen LogP contribution in [0.15, 0.2) is 0 Å². The maximum atomic E-state index is 12.3. The zero-order chi connectivity index (χ0) is 12.7. The van der Waals surface area contributed by atoms with Crippen LogP contribution >= 0.6 is 0 Å². The van der Waals surface area contributed by atoms with Crippen LogP contribution in [0.2, 0.25) is 0 Å². The van der Waals surface area contributed by atoms with Gasteiger partial charge in [0.2, 0.25) is 11.8 Å². The number of hydrogen-bond acceptors (Lipinski definition) is 3. The lowest BCUT2D eigenvalue weighted by atomic mass is 9.87. The Bertz CT molecular complexity index is 397. The molecule has 18 heavy (non-hydrogen) atoms. The number of hydrogen-bond donors (Lipinski definition) is 1. The summed E-state index contributed by atoms with van der Waals surface area (Å²) in [7, 11) is 0. The molecule has 3 rings (SSSR count). The Kier molecular flexibility index (Phi) is 2.84. The van der Waals surface area contributed by atoms with Crippen LogP contribution in [0.1, 0.15) is 38.5 Å². The van der Waals surface area contributed by atoms with Crippen molar-refractivity contribution in [3.8, 4) is 0 Å². The van der Waals surface area contributed by atoms with Crippen LogP contribution < -0.4 is 5.32 Å². The Hall–Kier alpha value is -1.39. The highest BCUT2D eigenvalue weighted by atomic mass is 16.2. The van der Waals surface area contributed by atoms with Crippen LogP contribution in [0.25, 0.3) is 0 Å². The second-order valence-corrected chi connectivity index (χ2v) is 5.71. The van der Waals surface area contributed by atoms with E-state index in [9.17, 15) is 14.4 Å². The molecule has 1 aliphatic heterocycles. The zero-order valence-electron chi connectivity index (χ0n) is 10.4. The summed E-state index contributed by atoms with van der Waals surface area (Å²) >= 11 is 0. The molecule has 5 heteroatoms. The quantitative estimate of drug-likeness (QED) is 0.767. The van der Waals surface area contributed by atoms with Gasteiger partial charge in [0.05, 0.1) is 0 Å². The molecule has 4 amide bonds. The van der Waals surface area contributed by atoms with E-state index < -0.39 is 11.9 Å². The number of carbonyl (C=O) groups excluding carboxylic acids is 3. The number of imide groups is 2. The first kappa shape index (κ1) is 11.7. The van der Waals surface area contributed by atoms with E-state index in [2.05, 4.69) is 5.32 Å². The van der Waals surface area contributed by atoms with Crippen molar-refractivity contribution in [3.05, 3.63) is 0 Å². The van der Waals surface area contributed by atoms with Gasteiger partial charge in [0.1, 0.15) is 5.92 Å². The van der Waals surface area contributed by atoms with Crippen molar-refractivity contribution in [2.24, 2.45) is 17.8 Å². The predicted molar refractivity (Wildman–Crippen MR) is 63.4 cm³/mol. The fourth-order valence-electron chi connectivity index (χ4n) is 3.07. The van der Waals surface area contributed by atoms with Gasteiger partial charge in [0, 0.05) is 6.54 Å². The molecule has 2 aliphatic carbocycles. The zero-order valence-corrected chi connectivity index (χ0v) is 10.4. The van der Waals surface area contributed by atoms with Crippen molar-refractivity contribution in [2.45, 2.75) is 38.5 Å². The summed E-state index contributed by atoms with van der Waals surface area (Å²) in [4.78, 5) is 37.2. The lowest BCUT2D eigenvalue weighted by Gasteiger charge is -2.32. The molecule has 1 unspecified atom stereocenters. The molecule has 3 aliphatic rings. The summed E-state index contributed by atoms with van der Waals surface area (Å²) in [5.41, 5.74) is 0. The average Bonchev–Trinajstić information content (AvgIpc) is 2.99. The highest BCUT2D eigenvalue weighted by Gasteiger charge is 2.46. The molecular weight excluding hydrogens is 232 g/mol. The number of nitrogens with one attached hydrogen (secondary N) is 1. The topological polar surface area (TPSA) is 66.5 Å². The van der Waals surface area contributed by atoms with Gasteiger partial charge < -0.3 is 0 Å². The van der Waals surface area contributed by atoms with Gasteiger partial charge >= 0.3 is 6.03 Å². The minimum absolute atomic E-state index is 0.132. The first-order valence-electron chi connectivity index (χ1n) is 6.83. The third-order valence-electron chi connectivity index (χ3n) is 4.30. The Morgan fingerprint density at radius 1 is 1.06 bits per heavy atom. The highest BCUT2D eigenvalue weighted by molar-refractivity contribution is 6.16. The number of barbiturate groups is 1. The molecule has 1 atom stereocenters. The van der Waals surface area contributed by atoms with Crippen molar-refractivity contribution in [3.63, 3.8) is 0 Å². The molecule has 5 nitrogen and oxygen atoms in total. The molecular formula is C13H18N2O3. The van der Waals surface area contributed by atoms with E-state index in [-0.39, 0.29) is 17.7 Å². The maximum Gasteiger partial charge on any atom is 0.330 e. The van der Waals surface area contributed by atoms with Gasteiger partial charge in [-0.15, -0.1) is 0 Å². The van der Waals surface area contributed by atoms with Gasteiger partial charge in [-0.25, -0.2) is 4.79 Å². The molecule has 2 saturated carbocycles. The molecule has 0 aromatic rings. The molecule has 0 aromatic carbocycles. The highest BCUT2D eigenvalue weighted by Crippen LogP contribution is 2.35. The Balaban J connectivity index is 1.77. The molecule has 0 spiro atoms. The number of carbonyl (C=O) groups is 3. The summed E-state index contributed by atoms with van der Waals surface area (Å²) in [5.74, 6) is -0.681. The summed E-state index contributed by atoms with van der Waals surface area (Å²) < 4.78 is 0. The largest absolute Gasteiger partial charge is 0.330 e. The van der Waals surface area contributed by atoms with Gasteiger partial charge in [-0.05, 0) is 37.5 Å². The maximum absolute atomic E-state index is 12.3. The van der Waals surface area contributed by atoms with E-state index in [1.54, 1.807) is 0 Å². The standard InChI is InChI=1S/C13H18N2O3/c16-11-10(9-3-1-2-4-9)12(17)15(13(18)14-11)7-8-5-6-8/h8-10H,1-7H2,(H,14,16,18). The van der Waals surface area contributed by atoms with Gasteiger partial charge in [0.25, 0.3) is 0 Å². The third kappa shape index (κ3) is 2.02.